The summed E-state index contributed by atoms with van der Waals surface area (Å²) in [6.45, 7) is 1.88. The number of halogens is 1. The summed E-state index contributed by atoms with van der Waals surface area (Å²) in [6.07, 6.45) is 0.892. The first-order chi connectivity index (χ1) is 9.65. The Balaban J connectivity index is 0.00000161. The summed E-state index contributed by atoms with van der Waals surface area (Å²) >= 11 is 0. The van der Waals surface area contributed by atoms with Crippen LogP contribution in [0, 0.1) is 0 Å². The zero-order valence-electron chi connectivity index (χ0n) is 12.0. The van der Waals surface area contributed by atoms with Gasteiger partial charge in [0.2, 0.25) is 0 Å². The first kappa shape index (κ1) is 15.7. The topological polar surface area (TPSA) is 43.7 Å². The van der Waals surface area contributed by atoms with Gasteiger partial charge in [-0.05, 0) is 42.3 Å². The number of hydrogen-bond acceptors (Lipinski definition) is 3. The van der Waals surface area contributed by atoms with Crippen LogP contribution in [0.4, 0.5) is 0 Å². The van der Waals surface area contributed by atoms with Gasteiger partial charge >= 0.3 is 0 Å². The van der Waals surface area contributed by atoms with Crippen LogP contribution in [0.25, 0.3) is 0 Å². The van der Waals surface area contributed by atoms with Crippen LogP contribution >= 0.6 is 0 Å². The van der Waals surface area contributed by atoms with E-state index in [2.05, 4.69) is 24.1 Å². The number of likely N-dealkylation sites (N-methyl/N-ethyl adjacent to an activating group) is 1. The second-order valence-corrected chi connectivity index (χ2v) is 5.52. The van der Waals surface area contributed by atoms with Gasteiger partial charge in [-0.3, -0.25) is 0 Å². The predicted molar refractivity (Wildman–Crippen MR) is 79.3 cm³/mol. The third-order valence-corrected chi connectivity index (χ3v) is 4.07. The molecule has 3 rings (SSSR count). The molecule has 112 valence electrons. The SMILES string of the molecule is CN1CCc2cc(O)c(O)cc2C(c2ccccc2)C1.[Cl-]. The molecule has 1 atom stereocenters. The molecular formula is C17H19ClNO2-. The fourth-order valence-electron chi connectivity index (χ4n) is 2.96. The molecular weight excluding hydrogens is 286 g/mol. The summed E-state index contributed by atoms with van der Waals surface area (Å²) in [5.41, 5.74) is 3.49. The first-order valence-electron chi connectivity index (χ1n) is 6.93. The minimum Gasteiger partial charge on any atom is -1.00 e. The molecule has 3 nitrogen and oxygen atoms in total. The quantitative estimate of drug-likeness (QED) is 0.713. The summed E-state index contributed by atoms with van der Waals surface area (Å²) in [5, 5.41) is 19.6. The van der Waals surface area contributed by atoms with Crippen molar-refractivity contribution < 1.29 is 22.6 Å². The third-order valence-electron chi connectivity index (χ3n) is 4.07. The standard InChI is InChI=1S/C17H19NO2.ClH/c1-18-8-7-13-9-16(19)17(20)10-14(13)15(11-18)12-5-3-2-4-6-12;/h2-6,9-10,15,19-20H,7-8,11H2,1H3;1H/p-1. The molecule has 0 radical (unpaired) electrons. The van der Waals surface area contributed by atoms with Crippen molar-refractivity contribution in [3.8, 4) is 11.5 Å². The summed E-state index contributed by atoms with van der Waals surface area (Å²) in [6, 6.07) is 13.8. The molecule has 0 fully saturated rings. The van der Waals surface area contributed by atoms with Crippen LogP contribution in [0.3, 0.4) is 0 Å². The van der Waals surface area contributed by atoms with Crippen molar-refractivity contribution in [2.45, 2.75) is 12.3 Å². The third kappa shape index (κ3) is 3.14. The molecule has 21 heavy (non-hydrogen) atoms. The van der Waals surface area contributed by atoms with Crippen LogP contribution in [-0.2, 0) is 6.42 Å². The number of hydrogen-bond donors (Lipinski definition) is 2. The Hall–Kier alpha value is -1.71. The van der Waals surface area contributed by atoms with Gasteiger partial charge in [0, 0.05) is 19.0 Å². The van der Waals surface area contributed by atoms with Gasteiger partial charge in [-0.15, -0.1) is 0 Å². The van der Waals surface area contributed by atoms with Gasteiger partial charge in [0.15, 0.2) is 11.5 Å². The van der Waals surface area contributed by atoms with Crippen molar-refractivity contribution in [1.82, 2.24) is 4.90 Å². The maximum atomic E-state index is 9.83. The Morgan fingerprint density at radius 2 is 1.71 bits per heavy atom. The fourth-order valence-corrected chi connectivity index (χ4v) is 2.96. The van der Waals surface area contributed by atoms with Gasteiger partial charge in [0.1, 0.15) is 0 Å². The van der Waals surface area contributed by atoms with E-state index in [1.807, 2.05) is 18.2 Å². The smallest absolute Gasteiger partial charge is 0.157 e. The molecule has 0 saturated heterocycles. The lowest BCUT2D eigenvalue weighted by atomic mass is 9.87. The molecule has 1 heterocycles. The van der Waals surface area contributed by atoms with E-state index in [1.165, 1.54) is 5.56 Å². The van der Waals surface area contributed by atoms with Crippen molar-refractivity contribution >= 4 is 0 Å². The largest absolute Gasteiger partial charge is 1.00 e. The van der Waals surface area contributed by atoms with Crippen LogP contribution in [0.15, 0.2) is 42.5 Å². The van der Waals surface area contributed by atoms with Crippen LogP contribution in [0.1, 0.15) is 22.6 Å². The Morgan fingerprint density at radius 3 is 2.43 bits per heavy atom. The Kier molecular flexibility index (Phi) is 4.76. The second-order valence-electron chi connectivity index (χ2n) is 5.52. The summed E-state index contributed by atoms with van der Waals surface area (Å²) in [5.74, 6) is 0.166. The normalized spacial score (nSPS) is 18.4. The van der Waals surface area contributed by atoms with E-state index in [9.17, 15) is 10.2 Å². The van der Waals surface area contributed by atoms with Crippen molar-refractivity contribution in [3.05, 3.63) is 59.2 Å². The van der Waals surface area contributed by atoms with Crippen molar-refractivity contribution in [2.24, 2.45) is 0 Å². The molecule has 0 amide bonds. The Labute approximate surface area is 131 Å². The molecule has 0 saturated carbocycles. The van der Waals surface area contributed by atoms with E-state index in [0.29, 0.717) is 0 Å². The van der Waals surface area contributed by atoms with Gasteiger partial charge < -0.3 is 27.5 Å². The Morgan fingerprint density at radius 1 is 1.05 bits per heavy atom. The van der Waals surface area contributed by atoms with Gasteiger partial charge in [-0.1, -0.05) is 30.3 Å². The minimum atomic E-state index is -0.0331. The molecule has 2 aromatic rings. The summed E-state index contributed by atoms with van der Waals surface area (Å²) in [7, 11) is 2.11. The molecule has 1 unspecified atom stereocenters. The van der Waals surface area contributed by atoms with E-state index >= 15 is 0 Å². The van der Waals surface area contributed by atoms with Gasteiger partial charge in [0.05, 0.1) is 0 Å². The number of benzene rings is 2. The molecule has 0 aliphatic carbocycles. The first-order valence-corrected chi connectivity index (χ1v) is 6.93. The van der Waals surface area contributed by atoms with Gasteiger partial charge in [-0.25, -0.2) is 0 Å². The zero-order valence-corrected chi connectivity index (χ0v) is 12.7. The van der Waals surface area contributed by atoms with E-state index in [4.69, 9.17) is 0 Å². The molecule has 0 aromatic heterocycles. The average Bonchev–Trinajstić information content (AvgIpc) is 2.61. The lowest BCUT2D eigenvalue weighted by Crippen LogP contribution is -3.00. The lowest BCUT2D eigenvalue weighted by Gasteiger charge is -2.22. The number of aromatic hydroxyl groups is 2. The number of nitrogens with zero attached hydrogens (tertiary/aromatic N) is 1. The van der Waals surface area contributed by atoms with E-state index in [0.717, 1.165) is 30.6 Å². The van der Waals surface area contributed by atoms with Crippen LogP contribution in [0.2, 0.25) is 0 Å². The van der Waals surface area contributed by atoms with Crippen LogP contribution < -0.4 is 12.4 Å². The molecule has 2 aromatic carbocycles. The number of phenols is 2. The second kappa shape index (κ2) is 6.37. The van der Waals surface area contributed by atoms with E-state index < -0.39 is 0 Å². The number of fused-ring (bicyclic) bond motifs is 1. The summed E-state index contributed by atoms with van der Waals surface area (Å²) in [4.78, 5) is 2.30. The highest BCUT2D eigenvalue weighted by atomic mass is 35.5. The summed E-state index contributed by atoms with van der Waals surface area (Å²) < 4.78 is 0. The number of rotatable bonds is 1. The van der Waals surface area contributed by atoms with Gasteiger partial charge in [0.25, 0.3) is 0 Å². The van der Waals surface area contributed by atoms with Crippen molar-refractivity contribution in [2.75, 3.05) is 20.1 Å². The van der Waals surface area contributed by atoms with E-state index in [1.54, 1.807) is 12.1 Å². The molecule has 4 heteroatoms. The molecule has 0 bridgehead atoms. The Bertz CT molecular complexity index is 616. The maximum Gasteiger partial charge on any atom is 0.157 e. The molecule has 1 aliphatic heterocycles. The minimum absolute atomic E-state index is 0. The average molecular weight is 305 g/mol. The lowest BCUT2D eigenvalue weighted by molar-refractivity contribution is -0.00000583. The van der Waals surface area contributed by atoms with Crippen LogP contribution in [-0.4, -0.2) is 35.3 Å². The molecule has 2 N–H and O–H groups in total. The molecule has 0 spiro atoms. The van der Waals surface area contributed by atoms with Crippen molar-refractivity contribution in [1.29, 1.82) is 0 Å². The maximum absolute atomic E-state index is 9.83. The highest BCUT2D eigenvalue weighted by Crippen LogP contribution is 2.37. The fraction of sp³-hybridized carbons (Fsp3) is 0.294. The van der Waals surface area contributed by atoms with Gasteiger partial charge in [-0.2, -0.15) is 0 Å². The zero-order chi connectivity index (χ0) is 14.1. The molecule has 1 aliphatic rings. The predicted octanol–water partition coefficient (Wildman–Crippen LogP) is -0.278. The highest BCUT2D eigenvalue weighted by molar-refractivity contribution is 5.50. The van der Waals surface area contributed by atoms with Crippen LogP contribution in [0.5, 0.6) is 11.5 Å². The number of phenolic OH excluding ortho intramolecular Hbond substituents is 2. The highest BCUT2D eigenvalue weighted by Gasteiger charge is 2.24. The van der Waals surface area contributed by atoms with E-state index in [-0.39, 0.29) is 29.8 Å². The monoisotopic (exact) mass is 304 g/mol. The van der Waals surface area contributed by atoms with Crippen molar-refractivity contribution in [3.63, 3.8) is 0 Å².